The van der Waals surface area contributed by atoms with Crippen LogP contribution in [0.5, 0.6) is 11.5 Å². The monoisotopic (exact) mass is 637 g/mol. The lowest BCUT2D eigenvalue weighted by atomic mass is 9.68. The highest BCUT2D eigenvalue weighted by Gasteiger charge is 2.69. The number of hydrogen-bond donors (Lipinski definition) is 1. The number of nitro benzene ring substituents is 1. The molecule has 2 amide bonds. The molecule has 3 aromatic rings. The zero-order valence-corrected chi connectivity index (χ0v) is 25.2. The number of nitrogens with one attached hydrogen (secondary N) is 1. The largest absolute Gasteiger partial charge is 0.493 e. The van der Waals surface area contributed by atoms with E-state index in [0.717, 1.165) is 33.2 Å². The number of hydrogen-bond acceptors (Lipinski definition) is 11. The second-order valence-corrected chi connectivity index (χ2v) is 13.5. The standard InChI is InChI=1S/C30H27N3O9S2/c1-3-41-20(34)12-42-18-9-4-13(10-19(18)40-2)21-22-16-11-17(25(22)43-27-26(21)44-30(37)31-27)24-23(16)28(35)32(29(24)36)14-5-7-15(8-6-14)33(38)39/h4-10,16-17,21-25H,3,11-12H2,1-2H3,(H,31,37)/t16-,17-,21+,22-,23+,24+,25-/m1/s1. The number of carbonyl (C=O) groups is 3. The van der Waals surface area contributed by atoms with Crippen molar-refractivity contribution in [3.05, 3.63) is 72.7 Å². The van der Waals surface area contributed by atoms with E-state index < -0.39 is 22.7 Å². The highest BCUT2D eigenvalue weighted by atomic mass is 32.2. The number of methoxy groups -OCH3 is 1. The molecule has 2 aliphatic carbocycles. The molecule has 7 atom stereocenters. The summed E-state index contributed by atoms with van der Waals surface area (Å²) in [6, 6.07) is 11.0. The van der Waals surface area contributed by atoms with Gasteiger partial charge in [0.1, 0.15) is 0 Å². The van der Waals surface area contributed by atoms with Gasteiger partial charge in [-0.05, 0) is 60.9 Å². The van der Waals surface area contributed by atoms with Crippen molar-refractivity contribution in [1.29, 1.82) is 0 Å². The van der Waals surface area contributed by atoms with Crippen LogP contribution in [0.2, 0.25) is 0 Å². The van der Waals surface area contributed by atoms with Crippen LogP contribution >= 0.6 is 23.1 Å². The Morgan fingerprint density at radius 2 is 1.80 bits per heavy atom. The van der Waals surface area contributed by atoms with Gasteiger partial charge in [-0.25, -0.2) is 4.79 Å². The number of aromatic amines is 1. The number of non-ortho nitro benzene ring substituents is 1. The van der Waals surface area contributed by atoms with Crippen LogP contribution in [-0.4, -0.2) is 53.3 Å². The second-order valence-electron chi connectivity index (χ2n) is 11.2. The molecule has 228 valence electrons. The number of aromatic nitrogens is 1. The topological polar surface area (TPSA) is 158 Å². The summed E-state index contributed by atoms with van der Waals surface area (Å²) in [5.74, 6) is -1.72. The van der Waals surface area contributed by atoms with Gasteiger partial charge in [-0.3, -0.25) is 29.4 Å². The third kappa shape index (κ3) is 4.33. The van der Waals surface area contributed by atoms with Gasteiger partial charge in [-0.15, -0.1) is 11.8 Å². The van der Waals surface area contributed by atoms with Crippen molar-refractivity contribution in [2.24, 2.45) is 29.6 Å². The molecule has 2 aromatic carbocycles. The maximum Gasteiger partial charge on any atom is 0.344 e. The first-order valence-corrected chi connectivity index (χ1v) is 15.9. The Morgan fingerprint density at radius 3 is 2.48 bits per heavy atom. The van der Waals surface area contributed by atoms with Crippen LogP contribution in [0.4, 0.5) is 11.4 Å². The molecule has 0 spiro atoms. The van der Waals surface area contributed by atoms with Crippen molar-refractivity contribution in [1.82, 2.24) is 4.98 Å². The van der Waals surface area contributed by atoms with E-state index in [4.69, 9.17) is 14.2 Å². The second kappa shape index (κ2) is 10.8. The average Bonchev–Trinajstić information content (AvgIpc) is 3.75. The maximum absolute atomic E-state index is 13.9. The van der Waals surface area contributed by atoms with Gasteiger partial charge < -0.3 is 19.2 Å². The number of esters is 1. The summed E-state index contributed by atoms with van der Waals surface area (Å²) in [5, 5.41) is 11.9. The third-order valence-electron chi connectivity index (χ3n) is 9.24. The summed E-state index contributed by atoms with van der Waals surface area (Å²) < 4.78 is 16.2. The summed E-state index contributed by atoms with van der Waals surface area (Å²) in [7, 11) is 1.51. The molecule has 1 aromatic heterocycles. The molecule has 3 heterocycles. The lowest BCUT2D eigenvalue weighted by Gasteiger charge is -2.43. The highest BCUT2D eigenvalue weighted by Crippen LogP contribution is 2.68. The predicted molar refractivity (Wildman–Crippen MR) is 159 cm³/mol. The lowest BCUT2D eigenvalue weighted by Crippen LogP contribution is -2.42. The van der Waals surface area contributed by atoms with Crippen LogP contribution in [0.25, 0.3) is 0 Å². The zero-order chi connectivity index (χ0) is 30.9. The molecule has 14 heteroatoms. The van der Waals surface area contributed by atoms with Crippen LogP contribution in [0.3, 0.4) is 0 Å². The number of thioether (sulfide) groups is 1. The number of fused-ring (bicyclic) bond motifs is 9. The van der Waals surface area contributed by atoms with Crippen molar-refractivity contribution in [2.75, 3.05) is 25.2 Å². The number of thiazole rings is 1. The maximum atomic E-state index is 13.9. The number of carbonyl (C=O) groups excluding carboxylic acids is 3. The van der Waals surface area contributed by atoms with E-state index in [-0.39, 0.29) is 64.5 Å². The minimum Gasteiger partial charge on any atom is -0.493 e. The quantitative estimate of drug-likeness (QED) is 0.166. The molecule has 12 nitrogen and oxygen atoms in total. The number of imide groups is 1. The number of nitrogens with zero attached hydrogens (tertiary/aromatic N) is 2. The molecule has 0 radical (unpaired) electrons. The van der Waals surface area contributed by atoms with Crippen LogP contribution in [0.15, 0.2) is 52.3 Å². The van der Waals surface area contributed by atoms with Crippen LogP contribution in [0.1, 0.15) is 29.7 Å². The fourth-order valence-electron chi connectivity index (χ4n) is 7.70. The summed E-state index contributed by atoms with van der Waals surface area (Å²) in [4.78, 5) is 67.7. The molecule has 0 unspecified atom stereocenters. The first-order chi connectivity index (χ1) is 21.2. The van der Waals surface area contributed by atoms with Crippen LogP contribution in [-0.2, 0) is 19.1 Å². The Balaban J connectivity index is 1.24. The first-order valence-electron chi connectivity index (χ1n) is 14.2. The van der Waals surface area contributed by atoms with E-state index in [1.54, 1.807) is 24.8 Å². The van der Waals surface area contributed by atoms with Gasteiger partial charge in [0.05, 0.1) is 41.2 Å². The molecule has 2 saturated carbocycles. The molecule has 2 bridgehead atoms. The van der Waals surface area contributed by atoms with Crippen molar-refractivity contribution >= 4 is 52.3 Å². The van der Waals surface area contributed by atoms with Crippen molar-refractivity contribution in [3.63, 3.8) is 0 Å². The van der Waals surface area contributed by atoms with Crippen molar-refractivity contribution in [2.45, 2.75) is 29.5 Å². The lowest BCUT2D eigenvalue weighted by molar-refractivity contribution is -0.384. The number of H-pyrrole nitrogens is 1. The fraction of sp³-hybridized carbons (Fsp3) is 0.400. The average molecular weight is 638 g/mol. The Hall–Kier alpha value is -4.17. The number of benzene rings is 2. The normalized spacial score (nSPS) is 28.0. The minimum atomic E-state index is -0.522. The molecule has 1 saturated heterocycles. The van der Waals surface area contributed by atoms with E-state index in [1.807, 2.05) is 12.1 Å². The summed E-state index contributed by atoms with van der Waals surface area (Å²) >= 11 is 2.74. The van der Waals surface area contributed by atoms with Gasteiger partial charge in [0.25, 0.3) is 5.69 Å². The Morgan fingerprint density at radius 1 is 1.07 bits per heavy atom. The van der Waals surface area contributed by atoms with Gasteiger partial charge in [0.15, 0.2) is 18.1 Å². The molecular weight excluding hydrogens is 610 g/mol. The summed E-state index contributed by atoms with van der Waals surface area (Å²) in [5.41, 5.74) is 1.09. The minimum absolute atomic E-state index is 0.0108. The van der Waals surface area contributed by atoms with Gasteiger partial charge >= 0.3 is 10.8 Å². The van der Waals surface area contributed by atoms with Crippen LogP contribution in [0, 0.1) is 39.7 Å². The molecule has 7 rings (SSSR count). The number of anilines is 1. The highest BCUT2D eigenvalue weighted by molar-refractivity contribution is 8.00. The van der Waals surface area contributed by atoms with Gasteiger partial charge in [0.2, 0.25) is 11.8 Å². The number of ether oxygens (including phenoxy) is 3. The Kier molecular flexibility index (Phi) is 7.00. The molecule has 2 aliphatic heterocycles. The van der Waals surface area contributed by atoms with E-state index in [2.05, 4.69) is 4.98 Å². The molecule has 3 fully saturated rings. The Bertz CT molecular complexity index is 1750. The first kappa shape index (κ1) is 28.6. The van der Waals surface area contributed by atoms with Crippen molar-refractivity contribution in [3.8, 4) is 11.5 Å². The molecule has 44 heavy (non-hydrogen) atoms. The van der Waals surface area contributed by atoms with E-state index in [0.29, 0.717) is 17.2 Å². The number of nitro groups is 1. The third-order valence-corrected chi connectivity index (χ3v) is 11.8. The SMILES string of the molecule is CCOC(=O)COc1ccc([C@@H]2c3sc(=O)[nH]c3S[C@@H]3[C@@H]4C[C@@H]([C@@H]5C(=O)N(c6ccc([N+](=O)[O-])cc6)C(=O)[C@@H]45)[C@H]23)cc1OC. The molecule has 4 aliphatic rings. The molecular formula is C30H27N3O9S2. The predicted octanol–water partition coefficient (Wildman–Crippen LogP) is 3.97. The van der Waals surface area contributed by atoms with Crippen LogP contribution < -0.4 is 19.2 Å². The number of rotatable bonds is 8. The van der Waals surface area contributed by atoms with Gasteiger partial charge in [-0.1, -0.05) is 17.4 Å². The van der Waals surface area contributed by atoms with Gasteiger partial charge in [-0.2, -0.15) is 0 Å². The van der Waals surface area contributed by atoms with Gasteiger partial charge in [0, 0.05) is 28.2 Å². The summed E-state index contributed by atoms with van der Waals surface area (Å²) in [6.07, 6.45) is 0.719. The fourth-order valence-corrected chi connectivity index (χ4v) is 10.6. The Labute approximate surface area is 258 Å². The van der Waals surface area contributed by atoms with E-state index in [1.165, 1.54) is 36.3 Å². The van der Waals surface area contributed by atoms with E-state index >= 15 is 0 Å². The molecule has 1 N–H and O–H groups in total. The number of amides is 2. The zero-order valence-electron chi connectivity index (χ0n) is 23.6. The van der Waals surface area contributed by atoms with Crippen molar-refractivity contribution < 1.29 is 33.5 Å². The summed E-state index contributed by atoms with van der Waals surface area (Å²) in [6.45, 7) is 1.69. The smallest absolute Gasteiger partial charge is 0.344 e. The van der Waals surface area contributed by atoms with E-state index in [9.17, 15) is 29.3 Å².